The zero-order valence-corrected chi connectivity index (χ0v) is 14.3. The third-order valence-electron chi connectivity index (χ3n) is 6.32. The first-order valence-corrected chi connectivity index (χ1v) is 9.38. The van der Waals surface area contributed by atoms with Crippen LogP contribution >= 0.6 is 0 Å². The van der Waals surface area contributed by atoms with Crippen molar-refractivity contribution in [1.82, 2.24) is 0 Å². The minimum absolute atomic E-state index is 0. The van der Waals surface area contributed by atoms with Gasteiger partial charge in [-0.1, -0.05) is 52.2 Å². The van der Waals surface area contributed by atoms with Gasteiger partial charge in [0.1, 0.15) is 5.82 Å². The van der Waals surface area contributed by atoms with Gasteiger partial charge in [0.05, 0.1) is 0 Å². The summed E-state index contributed by atoms with van der Waals surface area (Å²) in [6, 6.07) is 5.87. The second-order valence-electron chi connectivity index (χ2n) is 8.09. The van der Waals surface area contributed by atoms with Gasteiger partial charge < -0.3 is 0 Å². The van der Waals surface area contributed by atoms with Gasteiger partial charge in [-0.25, -0.2) is 4.39 Å². The number of hydrogen-bond donors (Lipinski definition) is 0. The highest BCUT2D eigenvalue weighted by molar-refractivity contribution is 5.26. The van der Waals surface area contributed by atoms with Crippen molar-refractivity contribution in [2.24, 2.45) is 17.8 Å². The Labute approximate surface area is 142 Å². The first-order chi connectivity index (χ1) is 10.6. The molecule has 0 bridgehead atoms. The maximum absolute atomic E-state index is 13.8. The Morgan fingerprint density at radius 1 is 0.913 bits per heavy atom. The average molecular weight is 319 g/mol. The van der Waals surface area contributed by atoms with Gasteiger partial charge in [0.25, 0.3) is 0 Å². The molecule has 0 aromatic heterocycles. The molecule has 2 aliphatic rings. The van der Waals surface area contributed by atoms with Crippen LogP contribution in [0.2, 0.25) is 0 Å². The van der Waals surface area contributed by atoms with Crippen LogP contribution in [0.3, 0.4) is 0 Å². The van der Waals surface area contributed by atoms with Crippen LogP contribution in [0, 0.1) is 30.5 Å². The van der Waals surface area contributed by atoms with E-state index in [2.05, 4.69) is 13.0 Å². The third-order valence-corrected chi connectivity index (χ3v) is 6.32. The number of aryl methyl sites for hydroxylation is 1. The van der Waals surface area contributed by atoms with Crippen molar-refractivity contribution in [3.05, 3.63) is 35.1 Å². The maximum atomic E-state index is 13.8. The monoisotopic (exact) mass is 318 g/mol. The van der Waals surface area contributed by atoms with E-state index in [0.29, 0.717) is 5.92 Å². The molecule has 2 saturated carbocycles. The summed E-state index contributed by atoms with van der Waals surface area (Å²) in [7, 11) is 0. The first kappa shape index (κ1) is 18.5. The molecule has 23 heavy (non-hydrogen) atoms. The lowest BCUT2D eigenvalue weighted by atomic mass is 9.72. The Morgan fingerprint density at radius 2 is 1.48 bits per heavy atom. The van der Waals surface area contributed by atoms with Crippen LogP contribution in [0.1, 0.15) is 89.2 Å². The molecule has 0 atom stereocenters. The van der Waals surface area contributed by atoms with Gasteiger partial charge in [-0.2, -0.15) is 0 Å². The van der Waals surface area contributed by atoms with Crippen molar-refractivity contribution in [2.75, 3.05) is 0 Å². The Morgan fingerprint density at radius 3 is 2.04 bits per heavy atom. The maximum Gasteiger partial charge on any atom is 0.126 e. The Balaban J connectivity index is 0.00000192. The highest BCUT2D eigenvalue weighted by Gasteiger charge is 2.26. The van der Waals surface area contributed by atoms with Crippen LogP contribution in [0.4, 0.5) is 4.39 Å². The fourth-order valence-electron chi connectivity index (χ4n) is 4.63. The van der Waals surface area contributed by atoms with Crippen LogP contribution < -0.4 is 0 Å². The molecule has 1 aromatic carbocycles. The Hall–Kier alpha value is -0.850. The summed E-state index contributed by atoms with van der Waals surface area (Å²) in [6.07, 6.45) is 12.5. The molecule has 2 fully saturated rings. The summed E-state index contributed by atoms with van der Waals surface area (Å²) in [5.74, 6) is 3.46. The molecule has 3 rings (SSSR count). The average Bonchev–Trinajstić information content (AvgIpc) is 2.53. The standard InChI is InChI=1S/C21H31F.CH4/c1-15-3-6-17(7-4-15)13-18-8-11-19(12-9-18)20-10-5-16(2)21(22)14-20;/h5,10,14-15,17-19H,3-4,6-9,11-13H2,1-2H3;1H4. The Kier molecular flexibility index (Phi) is 6.68. The van der Waals surface area contributed by atoms with E-state index in [4.69, 9.17) is 0 Å². The van der Waals surface area contributed by atoms with E-state index in [0.717, 1.165) is 23.3 Å². The molecule has 0 saturated heterocycles. The molecule has 2 aliphatic carbocycles. The lowest BCUT2D eigenvalue weighted by molar-refractivity contribution is 0.211. The van der Waals surface area contributed by atoms with E-state index in [9.17, 15) is 4.39 Å². The van der Waals surface area contributed by atoms with Gasteiger partial charge in [0.2, 0.25) is 0 Å². The highest BCUT2D eigenvalue weighted by atomic mass is 19.1. The molecule has 0 spiro atoms. The van der Waals surface area contributed by atoms with Gasteiger partial charge >= 0.3 is 0 Å². The number of hydrogen-bond acceptors (Lipinski definition) is 0. The van der Waals surface area contributed by atoms with Gasteiger partial charge in [0, 0.05) is 0 Å². The Bertz CT molecular complexity index is 477. The second kappa shape index (κ2) is 8.31. The van der Waals surface area contributed by atoms with Crippen molar-refractivity contribution >= 4 is 0 Å². The lowest BCUT2D eigenvalue weighted by Gasteiger charge is -2.33. The van der Waals surface area contributed by atoms with Crippen LogP contribution in [-0.2, 0) is 0 Å². The molecular formula is C22H35F. The lowest BCUT2D eigenvalue weighted by Crippen LogP contribution is -2.19. The van der Waals surface area contributed by atoms with Gasteiger partial charge in [-0.3, -0.25) is 0 Å². The van der Waals surface area contributed by atoms with Crippen molar-refractivity contribution in [2.45, 2.75) is 85.0 Å². The topological polar surface area (TPSA) is 0 Å². The van der Waals surface area contributed by atoms with E-state index in [1.54, 1.807) is 6.07 Å². The normalized spacial score (nSPS) is 31.4. The largest absolute Gasteiger partial charge is 0.207 e. The molecule has 1 heteroatoms. The molecule has 0 radical (unpaired) electrons. The smallest absolute Gasteiger partial charge is 0.126 e. The molecule has 0 unspecified atom stereocenters. The summed E-state index contributed by atoms with van der Waals surface area (Å²) in [5, 5.41) is 0. The number of benzene rings is 1. The molecule has 130 valence electrons. The minimum Gasteiger partial charge on any atom is -0.207 e. The van der Waals surface area contributed by atoms with Crippen LogP contribution in [0.25, 0.3) is 0 Å². The molecule has 0 amide bonds. The summed E-state index contributed by atoms with van der Waals surface area (Å²) in [4.78, 5) is 0. The number of halogens is 1. The SMILES string of the molecule is C.Cc1ccc(C2CCC(CC3CCC(C)CC3)CC2)cc1F. The zero-order valence-electron chi connectivity index (χ0n) is 14.3. The molecule has 0 N–H and O–H groups in total. The summed E-state index contributed by atoms with van der Waals surface area (Å²) < 4.78 is 13.8. The predicted molar refractivity (Wildman–Crippen MR) is 98.3 cm³/mol. The van der Waals surface area contributed by atoms with E-state index in [1.165, 1.54) is 63.4 Å². The summed E-state index contributed by atoms with van der Waals surface area (Å²) in [5.41, 5.74) is 2.00. The van der Waals surface area contributed by atoms with Crippen LogP contribution in [0.15, 0.2) is 18.2 Å². The van der Waals surface area contributed by atoms with Crippen LogP contribution in [0.5, 0.6) is 0 Å². The fraction of sp³-hybridized carbons (Fsp3) is 0.727. The van der Waals surface area contributed by atoms with Crippen molar-refractivity contribution < 1.29 is 4.39 Å². The molecule has 1 aromatic rings. The quantitative estimate of drug-likeness (QED) is 0.550. The van der Waals surface area contributed by atoms with E-state index < -0.39 is 0 Å². The van der Waals surface area contributed by atoms with Crippen LogP contribution in [-0.4, -0.2) is 0 Å². The van der Waals surface area contributed by atoms with Crippen molar-refractivity contribution in [3.8, 4) is 0 Å². The van der Waals surface area contributed by atoms with Crippen molar-refractivity contribution in [1.29, 1.82) is 0 Å². The van der Waals surface area contributed by atoms with E-state index in [1.807, 2.05) is 13.0 Å². The predicted octanol–water partition coefficient (Wildman–Crippen LogP) is 7.26. The summed E-state index contributed by atoms with van der Waals surface area (Å²) >= 11 is 0. The fourth-order valence-corrected chi connectivity index (χ4v) is 4.63. The van der Waals surface area contributed by atoms with Gasteiger partial charge in [-0.15, -0.1) is 0 Å². The summed E-state index contributed by atoms with van der Waals surface area (Å²) in [6.45, 7) is 4.25. The first-order valence-electron chi connectivity index (χ1n) is 9.38. The highest BCUT2D eigenvalue weighted by Crippen LogP contribution is 2.41. The van der Waals surface area contributed by atoms with Crippen molar-refractivity contribution in [3.63, 3.8) is 0 Å². The minimum atomic E-state index is -0.0315. The van der Waals surface area contributed by atoms with Gasteiger partial charge in [0.15, 0.2) is 0 Å². The number of rotatable bonds is 3. The molecular weight excluding hydrogens is 283 g/mol. The van der Waals surface area contributed by atoms with E-state index in [-0.39, 0.29) is 13.2 Å². The second-order valence-corrected chi connectivity index (χ2v) is 8.09. The molecule has 0 nitrogen and oxygen atoms in total. The third kappa shape index (κ3) is 4.81. The van der Waals surface area contributed by atoms with Gasteiger partial charge in [-0.05, 0) is 79.9 Å². The zero-order chi connectivity index (χ0) is 15.5. The molecule has 0 heterocycles. The molecule has 0 aliphatic heterocycles. The van der Waals surface area contributed by atoms with E-state index >= 15 is 0 Å².